The van der Waals surface area contributed by atoms with Gasteiger partial charge in [0.15, 0.2) is 0 Å². The van der Waals surface area contributed by atoms with Crippen molar-refractivity contribution in [3.05, 3.63) is 42.0 Å². The second kappa shape index (κ2) is 7.13. The summed E-state index contributed by atoms with van der Waals surface area (Å²) in [7, 11) is 0. The maximum absolute atomic E-state index is 9.98. The van der Waals surface area contributed by atoms with Crippen LogP contribution in [0.1, 0.15) is 5.56 Å². The molecule has 1 aromatic carbocycles. The summed E-state index contributed by atoms with van der Waals surface area (Å²) in [6, 6.07) is 8.70. The number of rotatable bonds is 4. The first kappa shape index (κ1) is 16.1. The highest BCUT2D eigenvalue weighted by Gasteiger charge is 2.46. The van der Waals surface area contributed by atoms with Crippen molar-refractivity contribution in [2.75, 3.05) is 13.2 Å². The third-order valence-corrected chi connectivity index (χ3v) is 3.78. The summed E-state index contributed by atoms with van der Waals surface area (Å²) in [6.45, 7) is -0.205. The quantitative estimate of drug-likeness (QED) is 0.477. The van der Waals surface area contributed by atoms with Gasteiger partial charge in [0, 0.05) is 6.54 Å². The van der Waals surface area contributed by atoms with Crippen molar-refractivity contribution in [3.63, 3.8) is 0 Å². The highest BCUT2D eigenvalue weighted by Crippen LogP contribution is 2.23. The largest absolute Gasteiger partial charge is 0.395 e. The summed E-state index contributed by atoms with van der Waals surface area (Å²) >= 11 is 0. The fourth-order valence-electron chi connectivity index (χ4n) is 2.53. The molecule has 2 rings (SSSR count). The topological polar surface area (TPSA) is 104 Å². The Morgan fingerprint density at radius 3 is 2.24 bits per heavy atom. The first-order valence-electron chi connectivity index (χ1n) is 6.86. The van der Waals surface area contributed by atoms with Gasteiger partial charge >= 0.3 is 0 Å². The molecule has 21 heavy (non-hydrogen) atoms. The minimum Gasteiger partial charge on any atom is -0.395 e. The van der Waals surface area contributed by atoms with Crippen LogP contribution in [0.4, 0.5) is 0 Å². The zero-order valence-electron chi connectivity index (χ0n) is 11.5. The first-order chi connectivity index (χ1) is 10.1. The molecule has 0 bridgehead atoms. The normalized spacial score (nSPS) is 34.4. The number of aliphatic hydroxyl groups excluding tert-OH is 5. The highest BCUT2D eigenvalue weighted by atomic mass is 16.4. The number of hydrogen-bond acceptors (Lipinski definition) is 6. The van der Waals surface area contributed by atoms with Crippen molar-refractivity contribution < 1.29 is 25.5 Å². The fourth-order valence-corrected chi connectivity index (χ4v) is 2.53. The standard InChI is InChI=1S/C15H21NO5/c17-9-11-12(18)13(19)14(20)15(21)16(11)8-4-7-10-5-2-1-3-6-10/h1-7,11-15,17-21H,8-9H2/b7-4+/t11-,12+,13+,14-,15?/m1/s1. The lowest BCUT2D eigenvalue weighted by Gasteiger charge is -2.46. The molecule has 0 radical (unpaired) electrons. The number of aliphatic hydroxyl groups is 5. The average Bonchev–Trinajstić information content (AvgIpc) is 2.51. The van der Waals surface area contributed by atoms with Gasteiger partial charge in [-0.15, -0.1) is 0 Å². The zero-order valence-corrected chi connectivity index (χ0v) is 11.5. The smallest absolute Gasteiger partial charge is 0.136 e. The summed E-state index contributed by atoms with van der Waals surface area (Å²) in [5, 5.41) is 48.5. The van der Waals surface area contributed by atoms with Gasteiger partial charge in [-0.1, -0.05) is 42.5 Å². The van der Waals surface area contributed by atoms with E-state index in [1.807, 2.05) is 36.4 Å². The van der Waals surface area contributed by atoms with E-state index in [1.54, 1.807) is 6.08 Å². The van der Waals surface area contributed by atoms with E-state index in [0.29, 0.717) is 0 Å². The second-order valence-electron chi connectivity index (χ2n) is 5.15. The highest BCUT2D eigenvalue weighted by molar-refractivity contribution is 5.48. The molecule has 1 heterocycles. The van der Waals surface area contributed by atoms with E-state index in [-0.39, 0.29) is 6.54 Å². The molecule has 1 unspecified atom stereocenters. The van der Waals surface area contributed by atoms with Crippen LogP contribution in [0, 0.1) is 0 Å². The molecule has 0 amide bonds. The molecule has 1 aliphatic rings. The number of nitrogens with zero attached hydrogens (tertiary/aromatic N) is 1. The van der Waals surface area contributed by atoms with E-state index in [9.17, 15) is 25.5 Å². The maximum Gasteiger partial charge on any atom is 0.136 e. The van der Waals surface area contributed by atoms with Crippen molar-refractivity contribution >= 4 is 6.08 Å². The van der Waals surface area contributed by atoms with Crippen molar-refractivity contribution in [1.82, 2.24) is 4.90 Å². The molecule has 1 fully saturated rings. The monoisotopic (exact) mass is 295 g/mol. The van der Waals surface area contributed by atoms with Crippen molar-refractivity contribution in [2.45, 2.75) is 30.6 Å². The average molecular weight is 295 g/mol. The predicted octanol–water partition coefficient (Wildman–Crippen LogP) is -1.22. The number of benzene rings is 1. The number of likely N-dealkylation sites (tertiary alicyclic amines) is 1. The van der Waals surface area contributed by atoms with Crippen LogP contribution in [0.2, 0.25) is 0 Å². The second-order valence-corrected chi connectivity index (χ2v) is 5.15. The van der Waals surface area contributed by atoms with Gasteiger partial charge in [-0.2, -0.15) is 0 Å². The molecule has 0 aliphatic carbocycles. The van der Waals surface area contributed by atoms with Gasteiger partial charge < -0.3 is 25.5 Å². The molecule has 0 saturated carbocycles. The maximum atomic E-state index is 9.98. The van der Waals surface area contributed by atoms with Crippen LogP contribution >= 0.6 is 0 Å². The van der Waals surface area contributed by atoms with Crippen LogP contribution in [0.25, 0.3) is 6.08 Å². The zero-order chi connectivity index (χ0) is 15.4. The van der Waals surface area contributed by atoms with Gasteiger partial charge in [0.2, 0.25) is 0 Å². The minimum atomic E-state index is -1.48. The number of piperidine rings is 1. The lowest BCUT2D eigenvalue weighted by atomic mass is 9.93. The SMILES string of the molecule is OC[C@@H]1[C@H](O)[C@H](O)[C@@H](O)C(O)N1C/C=C/c1ccccc1. The Hall–Kier alpha value is -1.28. The molecule has 6 nitrogen and oxygen atoms in total. The summed E-state index contributed by atoms with van der Waals surface area (Å²) < 4.78 is 0. The molecule has 5 atom stereocenters. The van der Waals surface area contributed by atoms with Crippen molar-refractivity contribution in [3.8, 4) is 0 Å². The third kappa shape index (κ3) is 3.49. The Morgan fingerprint density at radius 1 is 0.952 bits per heavy atom. The Bertz CT molecular complexity index is 466. The van der Waals surface area contributed by atoms with Crippen LogP contribution < -0.4 is 0 Å². The van der Waals surface area contributed by atoms with Crippen LogP contribution in [-0.2, 0) is 0 Å². The van der Waals surface area contributed by atoms with Crippen LogP contribution in [0.3, 0.4) is 0 Å². The van der Waals surface area contributed by atoms with E-state index >= 15 is 0 Å². The van der Waals surface area contributed by atoms with Crippen LogP contribution in [0.15, 0.2) is 36.4 Å². The van der Waals surface area contributed by atoms with Gasteiger partial charge in [0.1, 0.15) is 24.5 Å². The van der Waals surface area contributed by atoms with E-state index in [1.165, 1.54) is 4.90 Å². The molecule has 1 saturated heterocycles. The van der Waals surface area contributed by atoms with E-state index < -0.39 is 37.2 Å². The predicted molar refractivity (Wildman–Crippen MR) is 77.1 cm³/mol. The number of hydrogen-bond donors (Lipinski definition) is 5. The van der Waals surface area contributed by atoms with Crippen molar-refractivity contribution in [1.29, 1.82) is 0 Å². The summed E-state index contributed by atoms with van der Waals surface area (Å²) in [4.78, 5) is 1.36. The molecule has 0 aromatic heterocycles. The van der Waals surface area contributed by atoms with E-state index in [2.05, 4.69) is 0 Å². The molecule has 116 valence electrons. The lowest BCUT2D eigenvalue weighted by Crippen LogP contribution is -2.67. The molecular weight excluding hydrogens is 274 g/mol. The molecular formula is C15H21NO5. The van der Waals surface area contributed by atoms with Gasteiger partial charge in [0.25, 0.3) is 0 Å². The summed E-state index contributed by atoms with van der Waals surface area (Å²) in [6.07, 6.45) is -2.03. The Kier molecular flexibility index (Phi) is 5.46. The molecule has 1 aliphatic heterocycles. The molecule has 6 heteroatoms. The molecule has 5 N–H and O–H groups in total. The van der Waals surface area contributed by atoms with Crippen molar-refractivity contribution in [2.24, 2.45) is 0 Å². The van der Waals surface area contributed by atoms with E-state index in [0.717, 1.165) is 5.56 Å². The summed E-state index contributed by atoms with van der Waals surface area (Å²) in [5.74, 6) is 0. The Morgan fingerprint density at radius 2 is 1.62 bits per heavy atom. The van der Waals surface area contributed by atoms with Gasteiger partial charge in [-0.25, -0.2) is 0 Å². The lowest BCUT2D eigenvalue weighted by molar-refractivity contribution is -0.219. The Labute approximate surface area is 123 Å². The van der Waals surface area contributed by atoms with Gasteiger partial charge in [0.05, 0.1) is 12.6 Å². The van der Waals surface area contributed by atoms with E-state index in [4.69, 9.17) is 0 Å². The molecule has 0 spiro atoms. The fraction of sp³-hybridized carbons (Fsp3) is 0.467. The van der Waals surface area contributed by atoms with Crippen LogP contribution in [0.5, 0.6) is 0 Å². The van der Waals surface area contributed by atoms with Crippen LogP contribution in [-0.4, -0.2) is 74.2 Å². The summed E-state index contributed by atoms with van der Waals surface area (Å²) in [5.41, 5.74) is 0.977. The first-order valence-corrected chi connectivity index (χ1v) is 6.86. The Balaban J connectivity index is 2.07. The van der Waals surface area contributed by atoms with Gasteiger partial charge in [-0.3, -0.25) is 4.90 Å². The van der Waals surface area contributed by atoms with Gasteiger partial charge in [-0.05, 0) is 5.56 Å². The minimum absolute atomic E-state index is 0.224. The third-order valence-electron chi connectivity index (χ3n) is 3.78. The molecule has 1 aromatic rings.